The van der Waals surface area contributed by atoms with Crippen LogP contribution < -0.4 is 15.1 Å². The summed E-state index contributed by atoms with van der Waals surface area (Å²) in [5, 5.41) is 5.65. The maximum absolute atomic E-state index is 12.9. The van der Waals surface area contributed by atoms with E-state index in [2.05, 4.69) is 92.8 Å². The molecule has 2 aliphatic rings. The van der Waals surface area contributed by atoms with Gasteiger partial charge in [0.05, 0.1) is 17.6 Å². The molecule has 43 heavy (non-hydrogen) atoms. The number of anilines is 3. The molecule has 4 heterocycles. The largest absolute Gasteiger partial charge is 0.376 e. The van der Waals surface area contributed by atoms with Crippen molar-refractivity contribution < 1.29 is 4.79 Å². The summed E-state index contributed by atoms with van der Waals surface area (Å²) in [5.41, 5.74) is 4.32. The number of carbonyl (C=O) groups excluding carboxylic acids is 1. The van der Waals surface area contributed by atoms with Gasteiger partial charge >= 0.3 is 0 Å². The number of fused-ring (bicyclic) bond motifs is 2. The first kappa shape index (κ1) is 27.2. The fourth-order valence-electron chi connectivity index (χ4n) is 6.06. The van der Waals surface area contributed by atoms with Gasteiger partial charge in [0, 0.05) is 75.4 Å². The highest BCUT2D eigenvalue weighted by Gasteiger charge is 2.22. The summed E-state index contributed by atoms with van der Waals surface area (Å²) in [6, 6.07) is 33.5. The van der Waals surface area contributed by atoms with E-state index >= 15 is 0 Å². The molecule has 2 aliphatic heterocycles. The zero-order valence-corrected chi connectivity index (χ0v) is 24.4. The Balaban J connectivity index is 0.850. The summed E-state index contributed by atoms with van der Waals surface area (Å²) in [5.74, 6) is 2.17. The van der Waals surface area contributed by atoms with Gasteiger partial charge in [-0.3, -0.25) is 9.69 Å². The van der Waals surface area contributed by atoms with E-state index in [4.69, 9.17) is 9.97 Å². The molecular weight excluding hydrogens is 534 g/mol. The van der Waals surface area contributed by atoms with Crippen molar-refractivity contribution in [1.29, 1.82) is 0 Å². The Morgan fingerprint density at radius 1 is 0.605 bits per heavy atom. The number of nitrogens with zero attached hydrogens (tertiary/aromatic N) is 6. The van der Waals surface area contributed by atoms with Gasteiger partial charge in [0.25, 0.3) is 0 Å². The molecule has 7 rings (SSSR count). The summed E-state index contributed by atoms with van der Waals surface area (Å²) in [6.45, 7) is 8.18. The molecule has 218 valence electrons. The monoisotopic (exact) mass is 571 g/mol. The second-order valence-corrected chi connectivity index (χ2v) is 11.4. The molecule has 2 saturated heterocycles. The van der Waals surface area contributed by atoms with E-state index in [0.29, 0.717) is 19.6 Å². The lowest BCUT2D eigenvalue weighted by atomic mass is 10.1. The number of hydrogen-bond acceptors (Lipinski definition) is 7. The number of para-hydroxylation sites is 2. The van der Waals surface area contributed by atoms with Gasteiger partial charge in [-0.1, -0.05) is 48.5 Å². The van der Waals surface area contributed by atoms with Crippen molar-refractivity contribution in [2.45, 2.75) is 6.54 Å². The van der Waals surface area contributed by atoms with E-state index < -0.39 is 0 Å². The Labute approximate surface area is 252 Å². The smallest absolute Gasteiger partial charge is 0.241 e. The van der Waals surface area contributed by atoms with Crippen LogP contribution in [0.15, 0.2) is 97.1 Å². The van der Waals surface area contributed by atoms with Crippen LogP contribution in [0.5, 0.6) is 0 Å². The number of carbonyl (C=O) groups is 1. The highest BCUT2D eigenvalue weighted by atomic mass is 16.2. The summed E-state index contributed by atoms with van der Waals surface area (Å²) in [7, 11) is 0. The number of benzene rings is 3. The molecule has 1 N–H and O–H groups in total. The maximum atomic E-state index is 12.9. The van der Waals surface area contributed by atoms with Gasteiger partial charge in [0.1, 0.15) is 11.6 Å². The Morgan fingerprint density at radius 3 is 1.72 bits per heavy atom. The van der Waals surface area contributed by atoms with Crippen LogP contribution >= 0.6 is 0 Å². The average Bonchev–Trinajstić information content (AvgIpc) is 3.08. The maximum Gasteiger partial charge on any atom is 0.241 e. The van der Waals surface area contributed by atoms with Crippen molar-refractivity contribution in [3.05, 3.63) is 103 Å². The van der Waals surface area contributed by atoms with E-state index in [1.807, 2.05) is 29.2 Å². The van der Waals surface area contributed by atoms with Crippen LogP contribution in [0.25, 0.3) is 21.8 Å². The summed E-state index contributed by atoms with van der Waals surface area (Å²) in [6.07, 6.45) is 0. The summed E-state index contributed by atoms with van der Waals surface area (Å²) in [4.78, 5) is 31.7. The molecule has 8 nitrogen and oxygen atoms in total. The molecule has 2 aromatic heterocycles. The number of piperazine rings is 2. The first-order chi connectivity index (χ1) is 21.2. The molecule has 3 aromatic carbocycles. The van der Waals surface area contributed by atoms with Crippen LogP contribution in [0.2, 0.25) is 0 Å². The minimum absolute atomic E-state index is 0.133. The number of nitrogens with one attached hydrogen (secondary N) is 1. The molecule has 2 fully saturated rings. The third-order valence-corrected chi connectivity index (χ3v) is 8.62. The predicted molar refractivity (Wildman–Crippen MR) is 175 cm³/mol. The lowest BCUT2D eigenvalue weighted by Gasteiger charge is -2.35. The number of hydrogen-bond donors (Lipinski definition) is 1. The van der Waals surface area contributed by atoms with Gasteiger partial charge in [0.15, 0.2) is 0 Å². The second-order valence-electron chi connectivity index (χ2n) is 11.4. The van der Waals surface area contributed by atoms with Gasteiger partial charge in [0.2, 0.25) is 5.91 Å². The van der Waals surface area contributed by atoms with Crippen molar-refractivity contribution in [1.82, 2.24) is 19.8 Å². The van der Waals surface area contributed by atoms with Gasteiger partial charge < -0.3 is 20.0 Å². The standard InChI is InChI=1S/C35H37N7O/c43-35(42-23-21-41(22-24-42)34-16-12-29-6-2-4-8-32(29)38-34)25-36-30-13-9-27(10-14-30)26-39-17-19-40(20-18-39)33-15-11-28-5-1-3-7-31(28)37-33/h1-16,36H,17-26H2. The Hall–Kier alpha value is -4.69. The van der Waals surface area contributed by atoms with Gasteiger partial charge in [-0.2, -0.15) is 0 Å². The molecule has 0 atom stereocenters. The lowest BCUT2D eigenvalue weighted by Crippen LogP contribution is -2.50. The van der Waals surface area contributed by atoms with E-state index in [1.165, 1.54) is 10.9 Å². The molecule has 1 amide bonds. The van der Waals surface area contributed by atoms with Gasteiger partial charge in [-0.05, 0) is 54.1 Å². The van der Waals surface area contributed by atoms with Crippen molar-refractivity contribution in [3.63, 3.8) is 0 Å². The third kappa shape index (κ3) is 6.24. The molecule has 8 heteroatoms. The molecule has 0 aliphatic carbocycles. The Kier molecular flexibility index (Phi) is 7.75. The number of pyridine rings is 2. The SMILES string of the molecule is O=C(CNc1ccc(CN2CCN(c3ccc4ccccc4n3)CC2)cc1)N1CCN(c2ccc3ccccc3n2)CC1. The van der Waals surface area contributed by atoms with Gasteiger partial charge in [-0.25, -0.2) is 9.97 Å². The number of amides is 1. The van der Waals surface area contributed by atoms with Crippen LogP contribution in [0, 0.1) is 0 Å². The van der Waals surface area contributed by atoms with Crippen molar-refractivity contribution in [2.75, 3.05) is 74.0 Å². The van der Waals surface area contributed by atoms with Crippen LogP contribution in [0.4, 0.5) is 17.3 Å². The fraction of sp³-hybridized carbons (Fsp3) is 0.286. The van der Waals surface area contributed by atoms with Crippen LogP contribution in [0.1, 0.15) is 5.56 Å². The molecule has 0 unspecified atom stereocenters. The molecular formula is C35H37N7O. The highest BCUT2D eigenvalue weighted by molar-refractivity contribution is 5.82. The first-order valence-electron chi connectivity index (χ1n) is 15.2. The van der Waals surface area contributed by atoms with Crippen LogP contribution in [-0.2, 0) is 11.3 Å². The van der Waals surface area contributed by atoms with Crippen molar-refractivity contribution in [3.8, 4) is 0 Å². The molecule has 0 spiro atoms. The molecule has 5 aromatic rings. The zero-order chi connectivity index (χ0) is 29.0. The quantitative estimate of drug-likeness (QED) is 0.299. The Morgan fingerprint density at radius 2 is 1.14 bits per heavy atom. The highest BCUT2D eigenvalue weighted by Crippen LogP contribution is 2.21. The van der Waals surface area contributed by atoms with E-state index in [1.54, 1.807) is 0 Å². The fourth-order valence-corrected chi connectivity index (χ4v) is 6.06. The zero-order valence-electron chi connectivity index (χ0n) is 24.4. The molecule has 0 radical (unpaired) electrons. The van der Waals surface area contributed by atoms with Crippen molar-refractivity contribution >= 4 is 45.0 Å². The predicted octanol–water partition coefficient (Wildman–Crippen LogP) is 4.87. The summed E-state index contributed by atoms with van der Waals surface area (Å²) < 4.78 is 0. The van der Waals surface area contributed by atoms with E-state index in [9.17, 15) is 4.79 Å². The topological polar surface area (TPSA) is 67.8 Å². The van der Waals surface area contributed by atoms with E-state index in [-0.39, 0.29) is 5.91 Å². The van der Waals surface area contributed by atoms with Crippen LogP contribution in [0.3, 0.4) is 0 Å². The summed E-state index contributed by atoms with van der Waals surface area (Å²) >= 11 is 0. The van der Waals surface area contributed by atoms with Crippen molar-refractivity contribution in [2.24, 2.45) is 0 Å². The minimum atomic E-state index is 0.133. The Bertz CT molecular complexity index is 1710. The van der Waals surface area contributed by atoms with Crippen LogP contribution in [-0.4, -0.2) is 84.6 Å². The second kappa shape index (κ2) is 12.3. The first-order valence-corrected chi connectivity index (χ1v) is 15.2. The minimum Gasteiger partial charge on any atom is -0.376 e. The average molecular weight is 572 g/mol. The van der Waals surface area contributed by atoms with Gasteiger partial charge in [-0.15, -0.1) is 0 Å². The van der Waals surface area contributed by atoms with E-state index in [0.717, 1.165) is 79.6 Å². The number of rotatable bonds is 7. The molecule has 0 saturated carbocycles. The lowest BCUT2D eigenvalue weighted by molar-refractivity contribution is -0.129. The molecule has 0 bridgehead atoms. The number of aromatic nitrogens is 2. The normalized spacial score (nSPS) is 16.1. The third-order valence-electron chi connectivity index (χ3n) is 8.62.